The molecule has 1 atom stereocenters. The van der Waals surface area contributed by atoms with Crippen LogP contribution >= 0.6 is 0 Å². The zero-order valence-corrected chi connectivity index (χ0v) is 17.0. The number of carbonyl (C=O) groups is 3. The van der Waals surface area contributed by atoms with Crippen LogP contribution in [0.5, 0.6) is 0 Å². The Morgan fingerprint density at radius 1 is 0.966 bits per heavy atom. The van der Waals surface area contributed by atoms with Crippen molar-refractivity contribution in [2.24, 2.45) is 0 Å². The predicted octanol–water partition coefficient (Wildman–Crippen LogP) is 4.18. The maximum absolute atomic E-state index is 12.4. The van der Waals surface area contributed by atoms with E-state index in [1.165, 1.54) is 20.1 Å². The Balaban J connectivity index is 1.93. The summed E-state index contributed by atoms with van der Waals surface area (Å²) in [5.74, 6) is -1.22. The number of hydrogen-bond donors (Lipinski definition) is 1. The Morgan fingerprint density at radius 2 is 1.62 bits per heavy atom. The average Bonchev–Trinajstić information content (AvgIpc) is 2.72. The number of amides is 1. The zero-order valence-electron chi connectivity index (χ0n) is 17.0. The molecule has 0 saturated heterocycles. The van der Waals surface area contributed by atoms with Gasteiger partial charge >= 0.3 is 11.9 Å². The number of methoxy groups -OCH3 is 1. The topological polar surface area (TPSA) is 81.7 Å². The van der Waals surface area contributed by atoms with Crippen LogP contribution in [0.4, 0.5) is 5.69 Å². The maximum atomic E-state index is 12.4. The summed E-state index contributed by atoms with van der Waals surface area (Å²) in [6.45, 7) is 5.60. The Labute approximate surface area is 170 Å². The number of hydrogen-bond acceptors (Lipinski definition) is 5. The van der Waals surface area contributed by atoms with Crippen molar-refractivity contribution in [3.63, 3.8) is 0 Å². The summed E-state index contributed by atoms with van der Waals surface area (Å²) >= 11 is 0. The highest BCUT2D eigenvalue weighted by atomic mass is 16.5. The van der Waals surface area contributed by atoms with Crippen LogP contribution in [-0.2, 0) is 19.1 Å². The molecule has 0 heterocycles. The molecule has 152 valence electrons. The summed E-state index contributed by atoms with van der Waals surface area (Å²) in [7, 11) is 1.31. The largest absolute Gasteiger partial charge is 0.465 e. The van der Waals surface area contributed by atoms with E-state index in [0.717, 1.165) is 5.56 Å². The Kier molecular flexibility index (Phi) is 7.71. The summed E-state index contributed by atoms with van der Waals surface area (Å²) in [6, 6.07) is 14.1. The van der Waals surface area contributed by atoms with E-state index < -0.39 is 23.9 Å². The van der Waals surface area contributed by atoms with E-state index >= 15 is 0 Å². The molecular weight excluding hydrogens is 370 g/mol. The van der Waals surface area contributed by atoms with Gasteiger partial charge in [0.2, 0.25) is 0 Å². The van der Waals surface area contributed by atoms with E-state index in [2.05, 4.69) is 10.1 Å². The molecule has 6 nitrogen and oxygen atoms in total. The molecular formula is C23H25NO5. The van der Waals surface area contributed by atoms with E-state index in [1.807, 2.05) is 38.1 Å². The molecule has 1 amide bonds. The van der Waals surface area contributed by atoms with Crippen LogP contribution in [0.2, 0.25) is 0 Å². The first kappa shape index (κ1) is 21.9. The fraction of sp³-hybridized carbons (Fsp3) is 0.261. The van der Waals surface area contributed by atoms with Gasteiger partial charge in [-0.15, -0.1) is 0 Å². The maximum Gasteiger partial charge on any atom is 0.337 e. The molecule has 2 aromatic carbocycles. The van der Waals surface area contributed by atoms with Crippen LogP contribution in [-0.4, -0.2) is 31.1 Å². The van der Waals surface area contributed by atoms with E-state index in [4.69, 9.17) is 4.74 Å². The minimum Gasteiger partial charge on any atom is -0.465 e. The van der Waals surface area contributed by atoms with Crippen molar-refractivity contribution in [1.82, 2.24) is 0 Å². The molecule has 0 aromatic heterocycles. The lowest BCUT2D eigenvalue weighted by Crippen LogP contribution is -2.29. The van der Waals surface area contributed by atoms with Crippen LogP contribution in [0.15, 0.2) is 54.6 Å². The third-order valence-corrected chi connectivity index (χ3v) is 4.25. The summed E-state index contributed by atoms with van der Waals surface area (Å²) in [4.78, 5) is 35.8. The smallest absolute Gasteiger partial charge is 0.337 e. The standard InChI is InChI=1S/C23H25NO5/c1-15(2)19-7-5-6-8-20(19)24-22(26)16(3)29-21(25)14-11-17-9-12-18(13-10-17)23(27)28-4/h5-16H,1-4H3,(H,24,26)/b14-11+/t16-/m1/s1. The fourth-order valence-corrected chi connectivity index (χ4v) is 2.63. The number of benzene rings is 2. The van der Waals surface area contributed by atoms with Gasteiger partial charge < -0.3 is 14.8 Å². The lowest BCUT2D eigenvalue weighted by Gasteiger charge is -2.16. The molecule has 1 N–H and O–H groups in total. The second kappa shape index (κ2) is 10.2. The van der Waals surface area contributed by atoms with E-state index in [-0.39, 0.29) is 5.92 Å². The SMILES string of the molecule is COC(=O)c1ccc(/C=C/C(=O)O[C@H](C)C(=O)Nc2ccccc2C(C)C)cc1. The Hall–Kier alpha value is -3.41. The van der Waals surface area contributed by atoms with E-state index in [9.17, 15) is 14.4 Å². The average molecular weight is 395 g/mol. The second-order valence-corrected chi connectivity index (χ2v) is 6.76. The quantitative estimate of drug-likeness (QED) is 0.562. The van der Waals surface area contributed by atoms with Crippen LogP contribution in [0.3, 0.4) is 0 Å². The molecule has 0 spiro atoms. The molecule has 29 heavy (non-hydrogen) atoms. The predicted molar refractivity (Wildman–Crippen MR) is 112 cm³/mol. The highest BCUT2D eigenvalue weighted by molar-refractivity contribution is 5.97. The normalized spacial score (nSPS) is 11.9. The van der Waals surface area contributed by atoms with Crippen molar-refractivity contribution < 1.29 is 23.9 Å². The van der Waals surface area contributed by atoms with Crippen LogP contribution in [0, 0.1) is 0 Å². The number of anilines is 1. The fourth-order valence-electron chi connectivity index (χ4n) is 2.63. The van der Waals surface area contributed by atoms with Gasteiger partial charge in [-0.05, 0) is 48.2 Å². The van der Waals surface area contributed by atoms with Gasteiger partial charge in [0.1, 0.15) is 0 Å². The highest BCUT2D eigenvalue weighted by Crippen LogP contribution is 2.23. The molecule has 0 aliphatic rings. The third kappa shape index (κ3) is 6.31. The summed E-state index contributed by atoms with van der Waals surface area (Å²) in [5, 5.41) is 2.81. The van der Waals surface area contributed by atoms with Crippen molar-refractivity contribution in [3.05, 3.63) is 71.3 Å². The lowest BCUT2D eigenvalue weighted by molar-refractivity contribution is -0.148. The number of esters is 2. The van der Waals surface area contributed by atoms with Crippen LogP contribution < -0.4 is 5.32 Å². The Morgan fingerprint density at radius 3 is 2.24 bits per heavy atom. The molecule has 0 aliphatic heterocycles. The molecule has 6 heteroatoms. The van der Waals surface area contributed by atoms with Gasteiger partial charge in [0.25, 0.3) is 5.91 Å². The molecule has 0 aliphatic carbocycles. The summed E-state index contributed by atoms with van der Waals surface area (Å²) in [5.41, 5.74) is 2.84. The molecule has 0 saturated carbocycles. The minimum atomic E-state index is -0.950. The van der Waals surface area contributed by atoms with Crippen molar-refractivity contribution in [2.45, 2.75) is 32.8 Å². The number of rotatable bonds is 7. The number of para-hydroxylation sites is 1. The highest BCUT2D eigenvalue weighted by Gasteiger charge is 2.18. The monoisotopic (exact) mass is 395 g/mol. The molecule has 0 fully saturated rings. The first-order valence-electron chi connectivity index (χ1n) is 9.28. The molecule has 2 aromatic rings. The summed E-state index contributed by atoms with van der Waals surface area (Å²) in [6.07, 6.45) is 1.83. The van der Waals surface area contributed by atoms with Gasteiger partial charge in [-0.2, -0.15) is 0 Å². The molecule has 2 rings (SSSR count). The van der Waals surface area contributed by atoms with Crippen molar-refractivity contribution in [2.75, 3.05) is 12.4 Å². The van der Waals surface area contributed by atoms with E-state index in [0.29, 0.717) is 16.8 Å². The summed E-state index contributed by atoms with van der Waals surface area (Å²) < 4.78 is 9.81. The second-order valence-electron chi connectivity index (χ2n) is 6.76. The first-order valence-corrected chi connectivity index (χ1v) is 9.28. The van der Waals surface area contributed by atoms with Crippen LogP contribution in [0.25, 0.3) is 6.08 Å². The third-order valence-electron chi connectivity index (χ3n) is 4.25. The van der Waals surface area contributed by atoms with Gasteiger partial charge in [-0.3, -0.25) is 4.79 Å². The number of ether oxygens (including phenoxy) is 2. The van der Waals surface area contributed by atoms with Crippen molar-refractivity contribution in [3.8, 4) is 0 Å². The minimum absolute atomic E-state index is 0.248. The molecule has 0 bridgehead atoms. The van der Waals surface area contributed by atoms with Crippen molar-refractivity contribution >= 4 is 29.6 Å². The Bertz CT molecular complexity index is 900. The van der Waals surface area contributed by atoms with Crippen molar-refractivity contribution in [1.29, 1.82) is 0 Å². The lowest BCUT2D eigenvalue weighted by atomic mass is 10.0. The van der Waals surface area contributed by atoms with Crippen LogP contribution in [0.1, 0.15) is 48.2 Å². The zero-order chi connectivity index (χ0) is 21.4. The number of nitrogens with one attached hydrogen (secondary N) is 1. The van der Waals surface area contributed by atoms with E-state index in [1.54, 1.807) is 30.3 Å². The number of carbonyl (C=O) groups excluding carboxylic acids is 3. The van der Waals surface area contributed by atoms with Gasteiger partial charge in [0, 0.05) is 11.8 Å². The molecule has 0 unspecified atom stereocenters. The van der Waals surface area contributed by atoms with Gasteiger partial charge in [-0.25, -0.2) is 9.59 Å². The molecule has 0 radical (unpaired) electrons. The van der Waals surface area contributed by atoms with Gasteiger partial charge in [-0.1, -0.05) is 44.2 Å². The van der Waals surface area contributed by atoms with Gasteiger partial charge in [0.15, 0.2) is 6.10 Å². The first-order chi connectivity index (χ1) is 13.8. The van der Waals surface area contributed by atoms with Gasteiger partial charge in [0.05, 0.1) is 12.7 Å².